The second kappa shape index (κ2) is 8.87. The number of benzene rings is 1. The molecule has 3 rings (SSSR count). The van der Waals surface area contributed by atoms with Gasteiger partial charge in [-0.1, -0.05) is 24.6 Å². The Morgan fingerprint density at radius 3 is 2.42 bits per heavy atom. The Hall–Kier alpha value is -2.60. The molecular weight excluding hydrogens is 414 g/mol. The van der Waals surface area contributed by atoms with Crippen molar-refractivity contribution in [1.82, 2.24) is 9.88 Å². The molecule has 0 unspecified atom stereocenters. The van der Waals surface area contributed by atoms with Crippen LogP contribution in [0.3, 0.4) is 0 Å². The van der Waals surface area contributed by atoms with Crippen LogP contribution >= 0.6 is 11.6 Å². The van der Waals surface area contributed by atoms with Crippen LogP contribution in [0.25, 0.3) is 0 Å². The molecule has 6 nitrogen and oxygen atoms in total. The predicted molar refractivity (Wildman–Crippen MR) is 123 cm³/mol. The summed E-state index contributed by atoms with van der Waals surface area (Å²) in [6.07, 6.45) is 3.76. The van der Waals surface area contributed by atoms with E-state index in [1.54, 1.807) is 49.7 Å². The van der Waals surface area contributed by atoms with E-state index in [2.05, 4.69) is 17.6 Å². The maximum absolute atomic E-state index is 13.1. The summed E-state index contributed by atoms with van der Waals surface area (Å²) in [7, 11) is 1.70. The molecule has 1 saturated carbocycles. The number of carbonyl (C=O) groups excluding carboxylic acids is 3. The van der Waals surface area contributed by atoms with Crippen molar-refractivity contribution in [3.8, 4) is 0 Å². The van der Waals surface area contributed by atoms with E-state index in [0.29, 0.717) is 33.4 Å². The molecule has 1 aliphatic rings. The molecule has 1 aromatic carbocycles. The molecule has 0 bridgehead atoms. The number of aromatic nitrogens is 1. The molecule has 2 amide bonds. The largest absolute Gasteiger partial charge is 0.344 e. The predicted octanol–water partition coefficient (Wildman–Crippen LogP) is 4.82. The normalized spacial score (nSPS) is 20.9. The Balaban J connectivity index is 1.83. The molecule has 166 valence electrons. The Kier molecular flexibility index (Phi) is 6.60. The van der Waals surface area contributed by atoms with Crippen molar-refractivity contribution in [2.24, 2.45) is 13.0 Å². The van der Waals surface area contributed by atoms with Gasteiger partial charge in [-0.15, -0.1) is 0 Å². The van der Waals surface area contributed by atoms with E-state index in [1.165, 1.54) is 0 Å². The summed E-state index contributed by atoms with van der Waals surface area (Å²) >= 11 is 6.00. The Morgan fingerprint density at radius 1 is 1.16 bits per heavy atom. The molecule has 1 heterocycles. The number of amides is 2. The third-order valence-electron chi connectivity index (χ3n) is 6.45. The number of rotatable bonds is 5. The summed E-state index contributed by atoms with van der Waals surface area (Å²) in [6.45, 7) is 7.67. The number of ketones is 1. The first kappa shape index (κ1) is 23.1. The van der Waals surface area contributed by atoms with Gasteiger partial charge >= 0.3 is 0 Å². The minimum absolute atomic E-state index is 0.235. The third-order valence-corrected chi connectivity index (χ3v) is 6.69. The van der Waals surface area contributed by atoms with E-state index in [9.17, 15) is 14.4 Å². The van der Waals surface area contributed by atoms with Crippen molar-refractivity contribution in [2.75, 3.05) is 5.32 Å². The van der Waals surface area contributed by atoms with Gasteiger partial charge in [0.15, 0.2) is 0 Å². The lowest BCUT2D eigenvalue weighted by atomic mass is 9.78. The van der Waals surface area contributed by atoms with Crippen LogP contribution in [0.4, 0.5) is 5.69 Å². The van der Waals surface area contributed by atoms with Crippen molar-refractivity contribution >= 4 is 34.9 Å². The standard InChI is InChI=1S/C24H30ClN3O3/c1-14-9-11-24(4,12-10-14)27-23(31)21(29)20-15(2)19(16(3)28(20)5)22(30)26-18-8-6-7-17(25)13-18/h6-8,13-14H,9-12H2,1-5H3,(H,26,30)(H,27,31). The molecule has 2 N–H and O–H groups in total. The smallest absolute Gasteiger partial charge is 0.294 e. The maximum Gasteiger partial charge on any atom is 0.294 e. The lowest BCUT2D eigenvalue weighted by molar-refractivity contribution is -0.119. The van der Waals surface area contributed by atoms with Gasteiger partial charge in [-0.25, -0.2) is 0 Å². The molecule has 0 spiro atoms. The summed E-state index contributed by atoms with van der Waals surface area (Å²) < 4.78 is 1.62. The van der Waals surface area contributed by atoms with Crippen molar-refractivity contribution < 1.29 is 14.4 Å². The zero-order valence-electron chi connectivity index (χ0n) is 18.8. The summed E-state index contributed by atoms with van der Waals surface area (Å²) in [4.78, 5) is 38.9. The van der Waals surface area contributed by atoms with E-state index in [1.807, 2.05) is 6.92 Å². The number of nitrogens with zero attached hydrogens (tertiary/aromatic N) is 1. The number of halogens is 1. The molecule has 7 heteroatoms. The highest BCUT2D eigenvalue weighted by atomic mass is 35.5. The van der Waals surface area contributed by atoms with Crippen LogP contribution in [0.1, 0.15) is 71.6 Å². The molecule has 0 saturated heterocycles. The van der Waals surface area contributed by atoms with Crippen molar-refractivity contribution in [3.05, 3.63) is 51.8 Å². The molecule has 0 aliphatic heterocycles. The van der Waals surface area contributed by atoms with Crippen LogP contribution < -0.4 is 10.6 Å². The fraction of sp³-hybridized carbons (Fsp3) is 0.458. The van der Waals surface area contributed by atoms with E-state index in [-0.39, 0.29) is 17.1 Å². The van der Waals surface area contributed by atoms with E-state index >= 15 is 0 Å². The molecule has 1 fully saturated rings. The topological polar surface area (TPSA) is 80.2 Å². The van der Waals surface area contributed by atoms with Gasteiger partial charge < -0.3 is 15.2 Å². The summed E-state index contributed by atoms with van der Waals surface area (Å²) in [6, 6.07) is 6.86. The zero-order valence-corrected chi connectivity index (χ0v) is 19.5. The van der Waals surface area contributed by atoms with Gasteiger partial charge in [-0.2, -0.15) is 0 Å². The number of hydrogen-bond donors (Lipinski definition) is 2. The zero-order chi connectivity index (χ0) is 22.9. The Bertz CT molecular complexity index is 1030. The molecular formula is C24H30ClN3O3. The Morgan fingerprint density at radius 2 is 1.81 bits per heavy atom. The van der Waals surface area contributed by atoms with Gasteiger partial charge in [0.1, 0.15) is 0 Å². The third kappa shape index (κ3) is 4.85. The second-order valence-electron chi connectivity index (χ2n) is 8.98. The molecule has 0 radical (unpaired) electrons. The average molecular weight is 444 g/mol. The molecule has 31 heavy (non-hydrogen) atoms. The van der Waals surface area contributed by atoms with Crippen LogP contribution in [-0.2, 0) is 11.8 Å². The lowest BCUT2D eigenvalue weighted by Gasteiger charge is -2.36. The first-order valence-corrected chi connectivity index (χ1v) is 11.0. The van der Waals surface area contributed by atoms with Crippen LogP contribution in [0.15, 0.2) is 24.3 Å². The van der Waals surface area contributed by atoms with Crippen LogP contribution in [-0.4, -0.2) is 27.7 Å². The van der Waals surface area contributed by atoms with Gasteiger partial charge in [0.05, 0.1) is 11.3 Å². The average Bonchev–Trinajstić information content (AvgIpc) is 2.92. The van der Waals surface area contributed by atoms with Gasteiger partial charge in [-0.05, 0) is 76.1 Å². The fourth-order valence-electron chi connectivity index (χ4n) is 4.36. The monoisotopic (exact) mass is 443 g/mol. The Labute approximate surface area is 188 Å². The minimum atomic E-state index is -0.623. The highest BCUT2D eigenvalue weighted by molar-refractivity contribution is 6.43. The molecule has 1 aromatic heterocycles. The quantitative estimate of drug-likeness (QED) is 0.513. The van der Waals surface area contributed by atoms with E-state index in [4.69, 9.17) is 11.6 Å². The molecule has 1 aliphatic carbocycles. The first-order valence-electron chi connectivity index (χ1n) is 10.6. The van der Waals surface area contributed by atoms with Crippen LogP contribution in [0, 0.1) is 19.8 Å². The highest BCUT2D eigenvalue weighted by Crippen LogP contribution is 2.32. The van der Waals surface area contributed by atoms with E-state index < -0.39 is 11.7 Å². The molecule has 0 atom stereocenters. The van der Waals surface area contributed by atoms with Crippen molar-refractivity contribution in [3.63, 3.8) is 0 Å². The summed E-state index contributed by atoms with van der Waals surface area (Å²) in [5.41, 5.74) is 1.91. The number of carbonyl (C=O) groups is 3. The number of anilines is 1. The van der Waals surface area contributed by atoms with Gasteiger partial charge in [0.2, 0.25) is 0 Å². The summed E-state index contributed by atoms with van der Waals surface area (Å²) in [5, 5.41) is 6.28. The minimum Gasteiger partial charge on any atom is -0.344 e. The van der Waals surface area contributed by atoms with Crippen molar-refractivity contribution in [1.29, 1.82) is 0 Å². The van der Waals surface area contributed by atoms with Gasteiger partial charge in [0.25, 0.3) is 17.6 Å². The fourth-order valence-corrected chi connectivity index (χ4v) is 4.55. The van der Waals surface area contributed by atoms with Crippen LogP contribution in [0.2, 0.25) is 5.02 Å². The van der Waals surface area contributed by atoms with Gasteiger partial charge in [-0.3, -0.25) is 14.4 Å². The highest BCUT2D eigenvalue weighted by Gasteiger charge is 2.35. The molecule has 2 aromatic rings. The SMILES string of the molecule is Cc1c(C(=O)Nc2cccc(Cl)c2)c(C)n(C)c1C(=O)C(=O)NC1(C)CCC(C)CC1. The second-order valence-corrected chi connectivity index (χ2v) is 9.42. The van der Waals surface area contributed by atoms with Crippen LogP contribution in [0.5, 0.6) is 0 Å². The van der Waals surface area contributed by atoms with E-state index in [0.717, 1.165) is 25.7 Å². The number of hydrogen-bond acceptors (Lipinski definition) is 3. The van der Waals surface area contributed by atoms with Crippen molar-refractivity contribution in [2.45, 2.75) is 58.9 Å². The van der Waals surface area contributed by atoms with Gasteiger partial charge in [0, 0.05) is 29.0 Å². The number of Topliss-reactive ketones (excluding diaryl/α,β-unsaturated/α-hetero) is 1. The summed E-state index contributed by atoms with van der Waals surface area (Å²) in [5.74, 6) is -0.952. The maximum atomic E-state index is 13.1. The first-order chi connectivity index (χ1) is 14.5. The lowest BCUT2D eigenvalue weighted by Crippen LogP contribution is -2.50. The number of nitrogens with one attached hydrogen (secondary N) is 2.